The van der Waals surface area contributed by atoms with E-state index < -0.39 is 13.0 Å². The molecular weight excluding hydrogens is 238 g/mol. The lowest BCUT2D eigenvalue weighted by atomic mass is 9.82. The molecule has 0 saturated heterocycles. The Morgan fingerprint density at radius 3 is 2.78 bits per heavy atom. The van der Waals surface area contributed by atoms with Crippen LogP contribution in [-0.4, -0.2) is 29.6 Å². The molecule has 0 spiro atoms. The second-order valence-corrected chi connectivity index (χ2v) is 5.19. The maximum atomic E-state index is 11.9. The Balaban J connectivity index is 1.86. The molecule has 1 aromatic rings. The summed E-state index contributed by atoms with van der Waals surface area (Å²) < 4.78 is 28.6. The fourth-order valence-corrected chi connectivity index (χ4v) is 2.33. The summed E-state index contributed by atoms with van der Waals surface area (Å²) in [6.07, 6.45) is 0.214. The monoisotopic (exact) mass is 258 g/mol. The minimum absolute atomic E-state index is 0.293. The van der Waals surface area contributed by atoms with Gasteiger partial charge in [0.15, 0.2) is 0 Å². The van der Waals surface area contributed by atoms with Gasteiger partial charge < -0.3 is 9.72 Å². The van der Waals surface area contributed by atoms with Gasteiger partial charge in [-0.3, -0.25) is 0 Å². The topological polar surface area (TPSA) is 37.9 Å². The normalized spacial score (nSPS) is 23.4. The molecule has 5 heteroatoms. The van der Waals surface area contributed by atoms with E-state index in [9.17, 15) is 8.78 Å². The molecular formula is C13H20F2N2O. The third kappa shape index (κ3) is 3.28. The van der Waals surface area contributed by atoms with Gasteiger partial charge in [-0.2, -0.15) is 0 Å². The van der Waals surface area contributed by atoms with Crippen molar-refractivity contribution < 1.29 is 13.5 Å². The predicted molar refractivity (Wildman–Crippen MR) is 64.9 cm³/mol. The molecule has 1 N–H and O–H groups in total. The van der Waals surface area contributed by atoms with E-state index in [0.29, 0.717) is 24.9 Å². The zero-order valence-electron chi connectivity index (χ0n) is 10.9. The summed E-state index contributed by atoms with van der Waals surface area (Å²) in [5.41, 5.74) is 2.36. The number of imidazole rings is 1. The van der Waals surface area contributed by atoms with Crippen LogP contribution in [0.15, 0.2) is 0 Å². The fraction of sp³-hybridized carbons (Fsp3) is 0.769. The number of hydrogen-bond acceptors (Lipinski definition) is 2. The quantitative estimate of drug-likeness (QED) is 0.824. The van der Waals surface area contributed by atoms with Crippen LogP contribution in [0.1, 0.15) is 31.1 Å². The number of ether oxygens (including phenoxy) is 1. The lowest BCUT2D eigenvalue weighted by Crippen LogP contribution is -2.20. The predicted octanol–water partition coefficient (Wildman–Crippen LogP) is 2.60. The first kappa shape index (κ1) is 13.5. The average molecular weight is 258 g/mol. The van der Waals surface area contributed by atoms with Crippen molar-refractivity contribution in [2.24, 2.45) is 11.8 Å². The summed E-state index contributed by atoms with van der Waals surface area (Å²) in [4.78, 5) is 7.82. The van der Waals surface area contributed by atoms with Gasteiger partial charge in [-0.25, -0.2) is 13.8 Å². The molecule has 0 aliphatic heterocycles. The number of hydrogen-bond donors (Lipinski definition) is 1. The number of nitrogens with zero attached hydrogens (tertiary/aromatic N) is 1. The van der Waals surface area contributed by atoms with E-state index >= 15 is 0 Å². The molecule has 102 valence electrons. The van der Waals surface area contributed by atoms with Crippen molar-refractivity contribution in [3.8, 4) is 0 Å². The number of H-pyrrole nitrogens is 1. The second-order valence-electron chi connectivity index (χ2n) is 5.19. The van der Waals surface area contributed by atoms with Crippen LogP contribution in [0.5, 0.6) is 0 Å². The Hall–Kier alpha value is -0.970. The molecule has 3 nitrogen and oxygen atoms in total. The van der Waals surface area contributed by atoms with E-state index in [1.807, 2.05) is 0 Å². The van der Waals surface area contributed by atoms with Crippen LogP contribution in [-0.2, 0) is 24.0 Å². The van der Waals surface area contributed by atoms with E-state index in [0.717, 1.165) is 24.4 Å². The molecule has 0 saturated carbocycles. The standard InChI is InChI=1S/C13H20F2N2O/c1-8-5-10-11(6-9(8)2)17-13(16-10)3-4-18-7-12(14)15/h8-9,12H,3-7H2,1-2H3,(H,16,17). The Labute approximate surface area is 106 Å². The van der Waals surface area contributed by atoms with E-state index in [2.05, 4.69) is 23.8 Å². The van der Waals surface area contributed by atoms with Crippen molar-refractivity contribution in [2.75, 3.05) is 13.2 Å². The average Bonchev–Trinajstić information content (AvgIpc) is 2.67. The van der Waals surface area contributed by atoms with Gasteiger partial charge >= 0.3 is 0 Å². The van der Waals surface area contributed by atoms with Gasteiger partial charge in [-0.1, -0.05) is 13.8 Å². The van der Waals surface area contributed by atoms with Crippen molar-refractivity contribution >= 4 is 0 Å². The number of rotatable bonds is 5. The summed E-state index contributed by atoms with van der Waals surface area (Å²) in [6, 6.07) is 0. The minimum atomic E-state index is -2.39. The molecule has 2 unspecified atom stereocenters. The first-order valence-corrected chi connectivity index (χ1v) is 6.48. The summed E-state index contributed by atoms with van der Waals surface area (Å²) in [5, 5.41) is 0. The number of aromatic amines is 1. The molecule has 1 heterocycles. The zero-order chi connectivity index (χ0) is 13.1. The van der Waals surface area contributed by atoms with Crippen molar-refractivity contribution in [1.29, 1.82) is 0 Å². The fourth-order valence-electron chi connectivity index (χ4n) is 2.33. The number of nitrogens with one attached hydrogen (secondary N) is 1. The minimum Gasteiger partial charge on any atom is -0.375 e. The number of alkyl halides is 2. The smallest absolute Gasteiger partial charge is 0.261 e. The van der Waals surface area contributed by atoms with Gasteiger partial charge in [0.25, 0.3) is 6.43 Å². The van der Waals surface area contributed by atoms with Crippen LogP contribution >= 0.6 is 0 Å². The molecule has 2 rings (SSSR count). The maximum absolute atomic E-state index is 11.9. The SMILES string of the molecule is CC1Cc2nc(CCOCC(F)F)[nH]c2CC1C. The largest absolute Gasteiger partial charge is 0.375 e. The molecule has 0 amide bonds. The molecule has 18 heavy (non-hydrogen) atoms. The van der Waals surface area contributed by atoms with Crippen LogP contribution < -0.4 is 0 Å². The maximum Gasteiger partial charge on any atom is 0.261 e. The molecule has 0 bridgehead atoms. The van der Waals surface area contributed by atoms with Crippen LogP contribution in [0.3, 0.4) is 0 Å². The number of aromatic nitrogens is 2. The van der Waals surface area contributed by atoms with Crippen molar-refractivity contribution in [1.82, 2.24) is 9.97 Å². The Morgan fingerprint density at radius 1 is 1.33 bits per heavy atom. The van der Waals surface area contributed by atoms with Crippen LogP contribution in [0.4, 0.5) is 8.78 Å². The highest BCUT2D eigenvalue weighted by molar-refractivity contribution is 5.19. The highest BCUT2D eigenvalue weighted by atomic mass is 19.3. The van der Waals surface area contributed by atoms with Gasteiger partial charge in [-0.15, -0.1) is 0 Å². The summed E-state index contributed by atoms with van der Waals surface area (Å²) >= 11 is 0. The summed E-state index contributed by atoms with van der Waals surface area (Å²) in [6.45, 7) is 4.30. The first-order chi connectivity index (χ1) is 8.56. The highest BCUT2D eigenvalue weighted by Gasteiger charge is 2.24. The number of halogens is 2. The van der Waals surface area contributed by atoms with Crippen molar-refractivity contribution in [3.05, 3.63) is 17.2 Å². The van der Waals surface area contributed by atoms with Gasteiger partial charge in [0.1, 0.15) is 12.4 Å². The molecule has 1 aliphatic rings. The molecule has 0 radical (unpaired) electrons. The van der Waals surface area contributed by atoms with Crippen LogP contribution in [0.2, 0.25) is 0 Å². The van der Waals surface area contributed by atoms with E-state index in [-0.39, 0.29) is 0 Å². The summed E-state index contributed by atoms with van der Waals surface area (Å²) in [5.74, 6) is 2.18. The summed E-state index contributed by atoms with van der Waals surface area (Å²) in [7, 11) is 0. The van der Waals surface area contributed by atoms with E-state index in [1.165, 1.54) is 5.69 Å². The Bertz CT molecular complexity index is 365. The second kappa shape index (κ2) is 5.78. The Kier molecular flexibility index (Phi) is 4.32. The van der Waals surface area contributed by atoms with Crippen LogP contribution in [0.25, 0.3) is 0 Å². The Morgan fingerprint density at radius 2 is 2.06 bits per heavy atom. The van der Waals surface area contributed by atoms with Gasteiger partial charge in [0.05, 0.1) is 12.3 Å². The number of fused-ring (bicyclic) bond motifs is 1. The third-order valence-corrected chi connectivity index (χ3v) is 3.65. The molecule has 1 aromatic heterocycles. The van der Waals surface area contributed by atoms with Gasteiger partial charge in [-0.05, 0) is 24.7 Å². The van der Waals surface area contributed by atoms with Crippen LogP contribution in [0, 0.1) is 11.8 Å². The lowest BCUT2D eigenvalue weighted by molar-refractivity contribution is 0.0183. The molecule has 1 aliphatic carbocycles. The molecule has 0 aromatic carbocycles. The molecule has 0 fully saturated rings. The third-order valence-electron chi connectivity index (χ3n) is 3.65. The van der Waals surface area contributed by atoms with Crippen molar-refractivity contribution in [2.45, 2.75) is 39.5 Å². The van der Waals surface area contributed by atoms with E-state index in [4.69, 9.17) is 4.74 Å². The van der Waals surface area contributed by atoms with Gasteiger partial charge in [0, 0.05) is 12.1 Å². The highest BCUT2D eigenvalue weighted by Crippen LogP contribution is 2.28. The van der Waals surface area contributed by atoms with E-state index in [1.54, 1.807) is 0 Å². The zero-order valence-corrected chi connectivity index (χ0v) is 10.9. The first-order valence-electron chi connectivity index (χ1n) is 6.48. The van der Waals surface area contributed by atoms with Crippen molar-refractivity contribution in [3.63, 3.8) is 0 Å². The molecule has 2 atom stereocenters. The lowest BCUT2D eigenvalue weighted by Gasteiger charge is -2.24. The van der Waals surface area contributed by atoms with Gasteiger partial charge in [0.2, 0.25) is 0 Å².